The second kappa shape index (κ2) is 5.27. The first-order chi connectivity index (χ1) is 7.78. The van der Waals surface area contributed by atoms with Crippen LogP contribution in [-0.4, -0.2) is 34.7 Å². The Morgan fingerprint density at radius 3 is 3.06 bits per heavy atom. The van der Waals surface area contributed by atoms with E-state index in [0.717, 1.165) is 26.1 Å². The third-order valence-electron chi connectivity index (χ3n) is 3.16. The normalized spacial score (nSPS) is 21.4. The number of aromatic nitrogens is 1. The van der Waals surface area contributed by atoms with Crippen molar-refractivity contribution in [1.82, 2.24) is 9.88 Å². The average molecular weight is 221 g/mol. The molecule has 1 aliphatic heterocycles. The van der Waals surface area contributed by atoms with Crippen LogP contribution < -0.4 is 5.73 Å². The maximum Gasteiger partial charge on any atom is 0.123 e. The van der Waals surface area contributed by atoms with Gasteiger partial charge in [-0.3, -0.25) is 4.90 Å². The van der Waals surface area contributed by atoms with Gasteiger partial charge in [0.2, 0.25) is 0 Å². The van der Waals surface area contributed by atoms with Gasteiger partial charge in [0, 0.05) is 25.9 Å². The summed E-state index contributed by atoms with van der Waals surface area (Å²) in [5, 5.41) is 8.89. The van der Waals surface area contributed by atoms with E-state index in [1.165, 1.54) is 12.0 Å². The maximum absolute atomic E-state index is 8.89. The Balaban J connectivity index is 1.84. The predicted octanol–water partition coefficient (Wildman–Crippen LogP) is 0.868. The first-order valence-corrected chi connectivity index (χ1v) is 5.81. The number of anilines is 1. The van der Waals surface area contributed by atoms with Crippen molar-refractivity contribution in [3.8, 4) is 0 Å². The number of hydrogen-bond donors (Lipinski definition) is 2. The summed E-state index contributed by atoms with van der Waals surface area (Å²) in [7, 11) is 0. The zero-order valence-electron chi connectivity index (χ0n) is 9.47. The van der Waals surface area contributed by atoms with Crippen molar-refractivity contribution in [3.05, 3.63) is 23.9 Å². The summed E-state index contributed by atoms with van der Waals surface area (Å²) in [6, 6.07) is 3.87. The van der Waals surface area contributed by atoms with E-state index in [1.807, 2.05) is 18.3 Å². The van der Waals surface area contributed by atoms with Gasteiger partial charge in [0.05, 0.1) is 0 Å². The number of nitrogens with two attached hydrogens (primary N) is 1. The van der Waals surface area contributed by atoms with Gasteiger partial charge in [-0.15, -0.1) is 0 Å². The number of nitrogens with zero attached hydrogens (tertiary/aromatic N) is 2. The second-order valence-electron chi connectivity index (χ2n) is 4.49. The summed E-state index contributed by atoms with van der Waals surface area (Å²) >= 11 is 0. The molecule has 1 fully saturated rings. The Morgan fingerprint density at radius 1 is 1.50 bits per heavy atom. The zero-order valence-corrected chi connectivity index (χ0v) is 9.47. The third-order valence-corrected chi connectivity index (χ3v) is 3.16. The molecule has 1 unspecified atom stereocenters. The molecule has 2 rings (SSSR count). The largest absolute Gasteiger partial charge is 0.396 e. The highest BCUT2D eigenvalue weighted by Crippen LogP contribution is 2.20. The quantitative estimate of drug-likeness (QED) is 0.792. The van der Waals surface area contributed by atoms with Crippen molar-refractivity contribution in [2.45, 2.75) is 19.4 Å². The van der Waals surface area contributed by atoms with Gasteiger partial charge in [0.1, 0.15) is 5.82 Å². The number of hydrogen-bond acceptors (Lipinski definition) is 4. The van der Waals surface area contributed by atoms with E-state index in [4.69, 9.17) is 10.8 Å². The lowest BCUT2D eigenvalue weighted by Gasteiger charge is -2.15. The van der Waals surface area contributed by atoms with Crippen LogP contribution in [0.25, 0.3) is 0 Å². The Hall–Kier alpha value is -1.13. The molecule has 1 saturated heterocycles. The Kier molecular flexibility index (Phi) is 3.74. The van der Waals surface area contributed by atoms with Crippen LogP contribution in [0.5, 0.6) is 0 Å². The van der Waals surface area contributed by atoms with Crippen LogP contribution in [-0.2, 0) is 6.54 Å². The van der Waals surface area contributed by atoms with Gasteiger partial charge in [-0.05, 0) is 36.9 Å². The van der Waals surface area contributed by atoms with E-state index < -0.39 is 0 Å². The van der Waals surface area contributed by atoms with Crippen molar-refractivity contribution in [3.63, 3.8) is 0 Å². The number of aliphatic hydroxyl groups excluding tert-OH is 1. The van der Waals surface area contributed by atoms with E-state index in [1.54, 1.807) is 0 Å². The minimum Gasteiger partial charge on any atom is -0.396 e. The molecular weight excluding hydrogens is 202 g/mol. The summed E-state index contributed by atoms with van der Waals surface area (Å²) < 4.78 is 0. The highest BCUT2D eigenvalue weighted by molar-refractivity contribution is 5.29. The van der Waals surface area contributed by atoms with Crippen LogP contribution in [0.15, 0.2) is 18.3 Å². The van der Waals surface area contributed by atoms with E-state index in [-0.39, 0.29) is 0 Å². The molecule has 2 heterocycles. The number of pyridine rings is 1. The maximum atomic E-state index is 8.89. The van der Waals surface area contributed by atoms with Crippen molar-refractivity contribution < 1.29 is 5.11 Å². The molecular formula is C12H19N3O. The SMILES string of the molecule is Nc1ccc(CN2CCC(CCO)C2)cn1. The van der Waals surface area contributed by atoms with E-state index in [0.29, 0.717) is 18.3 Å². The Morgan fingerprint density at radius 2 is 2.38 bits per heavy atom. The van der Waals surface area contributed by atoms with Gasteiger partial charge in [0.25, 0.3) is 0 Å². The molecule has 1 atom stereocenters. The molecule has 4 nitrogen and oxygen atoms in total. The highest BCUT2D eigenvalue weighted by atomic mass is 16.3. The van der Waals surface area contributed by atoms with Crippen LogP contribution in [0, 0.1) is 5.92 Å². The number of rotatable bonds is 4. The lowest BCUT2D eigenvalue weighted by atomic mass is 10.1. The van der Waals surface area contributed by atoms with Crippen molar-refractivity contribution in [2.75, 3.05) is 25.4 Å². The van der Waals surface area contributed by atoms with Crippen molar-refractivity contribution in [2.24, 2.45) is 5.92 Å². The second-order valence-corrected chi connectivity index (χ2v) is 4.49. The summed E-state index contributed by atoms with van der Waals surface area (Å²) in [5.41, 5.74) is 6.75. The molecule has 1 aromatic rings. The molecule has 1 aromatic heterocycles. The van der Waals surface area contributed by atoms with Crippen LogP contribution in [0.4, 0.5) is 5.82 Å². The minimum atomic E-state index is 0.307. The summed E-state index contributed by atoms with van der Waals surface area (Å²) in [6.45, 7) is 3.46. The molecule has 0 bridgehead atoms. The van der Waals surface area contributed by atoms with Crippen molar-refractivity contribution in [1.29, 1.82) is 0 Å². The van der Waals surface area contributed by atoms with Gasteiger partial charge in [-0.1, -0.05) is 6.07 Å². The molecule has 0 aromatic carbocycles. The number of likely N-dealkylation sites (tertiary alicyclic amines) is 1. The fourth-order valence-electron chi connectivity index (χ4n) is 2.26. The standard InChI is InChI=1S/C12H19N3O/c13-12-2-1-11(7-14-12)9-15-5-3-10(8-15)4-6-16/h1-2,7,10,16H,3-6,8-9H2,(H2,13,14). The Bertz CT molecular complexity index is 326. The van der Waals surface area contributed by atoms with Gasteiger partial charge in [-0.2, -0.15) is 0 Å². The van der Waals surface area contributed by atoms with Crippen LogP contribution in [0.2, 0.25) is 0 Å². The molecule has 3 N–H and O–H groups in total. The fraction of sp³-hybridized carbons (Fsp3) is 0.583. The van der Waals surface area contributed by atoms with Crippen LogP contribution in [0.3, 0.4) is 0 Å². The van der Waals surface area contributed by atoms with Crippen LogP contribution >= 0.6 is 0 Å². The lowest BCUT2D eigenvalue weighted by molar-refractivity contribution is 0.249. The van der Waals surface area contributed by atoms with Gasteiger partial charge < -0.3 is 10.8 Å². The molecule has 16 heavy (non-hydrogen) atoms. The van der Waals surface area contributed by atoms with Gasteiger partial charge in [0.15, 0.2) is 0 Å². The summed E-state index contributed by atoms with van der Waals surface area (Å²) in [6.07, 6.45) is 3.97. The van der Waals surface area contributed by atoms with E-state index >= 15 is 0 Å². The van der Waals surface area contributed by atoms with Crippen LogP contribution in [0.1, 0.15) is 18.4 Å². The third kappa shape index (κ3) is 2.93. The van der Waals surface area contributed by atoms with E-state index in [2.05, 4.69) is 9.88 Å². The predicted molar refractivity (Wildman–Crippen MR) is 63.7 cm³/mol. The molecule has 0 amide bonds. The van der Waals surface area contributed by atoms with Crippen molar-refractivity contribution >= 4 is 5.82 Å². The smallest absolute Gasteiger partial charge is 0.123 e. The molecule has 1 aliphatic rings. The minimum absolute atomic E-state index is 0.307. The molecule has 0 saturated carbocycles. The molecule has 88 valence electrons. The van der Waals surface area contributed by atoms with Gasteiger partial charge in [-0.25, -0.2) is 4.98 Å². The van der Waals surface area contributed by atoms with E-state index in [9.17, 15) is 0 Å². The van der Waals surface area contributed by atoms with Gasteiger partial charge >= 0.3 is 0 Å². The first kappa shape index (κ1) is 11.4. The monoisotopic (exact) mass is 221 g/mol. The average Bonchev–Trinajstić information content (AvgIpc) is 2.70. The number of aliphatic hydroxyl groups is 1. The lowest BCUT2D eigenvalue weighted by Crippen LogP contribution is -2.20. The Labute approximate surface area is 96.1 Å². The molecule has 0 spiro atoms. The summed E-state index contributed by atoms with van der Waals surface area (Å²) in [5.74, 6) is 1.23. The number of nitrogen functional groups attached to an aromatic ring is 1. The molecule has 0 aliphatic carbocycles. The first-order valence-electron chi connectivity index (χ1n) is 5.81. The molecule has 4 heteroatoms. The molecule has 0 radical (unpaired) electrons. The highest BCUT2D eigenvalue weighted by Gasteiger charge is 2.21. The fourth-order valence-corrected chi connectivity index (χ4v) is 2.26. The topological polar surface area (TPSA) is 62.4 Å². The zero-order chi connectivity index (χ0) is 11.4. The summed E-state index contributed by atoms with van der Waals surface area (Å²) in [4.78, 5) is 6.50.